The van der Waals surface area contributed by atoms with Crippen molar-refractivity contribution in [3.63, 3.8) is 0 Å². The Balaban J connectivity index is 2.61. The van der Waals surface area contributed by atoms with Crippen molar-refractivity contribution in [1.82, 2.24) is 9.97 Å². The predicted molar refractivity (Wildman–Crippen MR) is 68.2 cm³/mol. The Morgan fingerprint density at radius 2 is 2.20 bits per heavy atom. The number of aromatic nitrogens is 2. The fraction of sp³-hybridized carbons (Fsp3) is 0.400. The van der Waals surface area contributed by atoms with E-state index in [9.17, 15) is 0 Å². The van der Waals surface area contributed by atoms with Crippen molar-refractivity contribution < 1.29 is 0 Å². The molecular formula is C10H11ClN2S2. The van der Waals surface area contributed by atoms with Crippen LogP contribution in [0, 0.1) is 0 Å². The molecule has 2 aromatic rings. The van der Waals surface area contributed by atoms with Gasteiger partial charge in [-0.15, -0.1) is 23.1 Å². The lowest BCUT2D eigenvalue weighted by atomic mass is 10.3. The molecule has 0 saturated carbocycles. The molecule has 0 bridgehead atoms. The van der Waals surface area contributed by atoms with Crippen LogP contribution in [-0.2, 0) is 6.42 Å². The average Bonchev–Trinajstić information content (AvgIpc) is 2.61. The number of fused-ring (bicyclic) bond motifs is 1. The number of hydrogen-bond donors (Lipinski definition) is 0. The monoisotopic (exact) mass is 258 g/mol. The van der Waals surface area contributed by atoms with Gasteiger partial charge in [-0.25, -0.2) is 9.97 Å². The first kappa shape index (κ1) is 11.2. The van der Waals surface area contributed by atoms with Gasteiger partial charge in [0.05, 0.1) is 0 Å². The second-order valence-corrected chi connectivity index (χ2v) is 5.72. The standard InChI is InChI=1S/C10H11ClN2S2/c1-3-6-5-7-8(14-4-2)12-10(11)13-9(7)15-6/h5H,3-4H2,1-2H3. The Labute approximate surface area is 102 Å². The molecule has 15 heavy (non-hydrogen) atoms. The van der Waals surface area contributed by atoms with Crippen LogP contribution in [0.1, 0.15) is 18.7 Å². The van der Waals surface area contributed by atoms with E-state index in [0.717, 1.165) is 27.4 Å². The largest absolute Gasteiger partial charge is 0.224 e. The molecule has 80 valence electrons. The van der Waals surface area contributed by atoms with Crippen LogP contribution in [0.5, 0.6) is 0 Å². The van der Waals surface area contributed by atoms with Gasteiger partial charge in [-0.3, -0.25) is 0 Å². The van der Waals surface area contributed by atoms with E-state index >= 15 is 0 Å². The fourth-order valence-electron chi connectivity index (χ4n) is 1.34. The maximum Gasteiger partial charge on any atom is 0.224 e. The van der Waals surface area contributed by atoms with E-state index in [1.54, 1.807) is 23.1 Å². The second kappa shape index (κ2) is 4.68. The van der Waals surface area contributed by atoms with Gasteiger partial charge in [0.1, 0.15) is 9.86 Å². The summed E-state index contributed by atoms with van der Waals surface area (Å²) in [5.74, 6) is 1.000. The van der Waals surface area contributed by atoms with E-state index in [2.05, 4.69) is 29.9 Å². The number of rotatable bonds is 3. The Hall–Kier alpha value is -0.320. The SMILES string of the molecule is CCSc1nc(Cl)nc2sc(CC)cc12. The third-order valence-electron chi connectivity index (χ3n) is 2.01. The molecule has 0 aliphatic rings. The lowest BCUT2D eigenvalue weighted by Crippen LogP contribution is -1.86. The molecule has 2 heterocycles. The minimum absolute atomic E-state index is 0.350. The molecule has 0 amide bonds. The minimum Gasteiger partial charge on any atom is -0.211 e. The quantitative estimate of drug-likeness (QED) is 0.472. The molecule has 2 nitrogen and oxygen atoms in total. The lowest BCUT2D eigenvalue weighted by Gasteiger charge is -1.99. The molecule has 2 rings (SSSR count). The van der Waals surface area contributed by atoms with Crippen LogP contribution in [0.3, 0.4) is 0 Å². The summed E-state index contributed by atoms with van der Waals surface area (Å²) in [6, 6.07) is 2.17. The smallest absolute Gasteiger partial charge is 0.211 e. The summed E-state index contributed by atoms with van der Waals surface area (Å²) < 4.78 is 0. The van der Waals surface area contributed by atoms with Gasteiger partial charge in [-0.2, -0.15) is 0 Å². The summed E-state index contributed by atoms with van der Waals surface area (Å²) in [4.78, 5) is 10.8. The van der Waals surface area contributed by atoms with E-state index < -0.39 is 0 Å². The van der Waals surface area contributed by atoms with Gasteiger partial charge in [0.25, 0.3) is 0 Å². The zero-order chi connectivity index (χ0) is 10.8. The van der Waals surface area contributed by atoms with Crippen molar-refractivity contribution in [1.29, 1.82) is 0 Å². The molecular weight excluding hydrogens is 248 g/mol. The summed E-state index contributed by atoms with van der Waals surface area (Å²) >= 11 is 9.30. The summed E-state index contributed by atoms with van der Waals surface area (Å²) in [6.07, 6.45) is 1.04. The van der Waals surface area contributed by atoms with Crippen LogP contribution in [0.4, 0.5) is 0 Å². The van der Waals surface area contributed by atoms with Gasteiger partial charge in [0.2, 0.25) is 5.28 Å². The van der Waals surface area contributed by atoms with Crippen LogP contribution in [0.2, 0.25) is 5.28 Å². The number of aryl methyl sites for hydroxylation is 1. The molecule has 2 aromatic heterocycles. The topological polar surface area (TPSA) is 25.8 Å². The zero-order valence-electron chi connectivity index (χ0n) is 8.58. The van der Waals surface area contributed by atoms with Gasteiger partial charge in [-0.1, -0.05) is 13.8 Å². The molecule has 0 N–H and O–H groups in total. The third kappa shape index (κ3) is 2.27. The maximum absolute atomic E-state index is 5.88. The first-order chi connectivity index (χ1) is 7.24. The molecule has 0 radical (unpaired) electrons. The first-order valence-corrected chi connectivity index (χ1v) is 7.01. The number of halogens is 1. The average molecular weight is 259 g/mol. The normalized spacial score (nSPS) is 11.1. The van der Waals surface area contributed by atoms with Crippen LogP contribution >= 0.6 is 34.7 Å². The molecule has 0 unspecified atom stereocenters. The first-order valence-electron chi connectivity index (χ1n) is 4.83. The molecule has 0 fully saturated rings. The highest BCUT2D eigenvalue weighted by Gasteiger charge is 2.10. The van der Waals surface area contributed by atoms with Crippen molar-refractivity contribution in [2.24, 2.45) is 0 Å². The summed E-state index contributed by atoms with van der Waals surface area (Å²) in [5.41, 5.74) is 0. The van der Waals surface area contributed by atoms with Gasteiger partial charge < -0.3 is 0 Å². The van der Waals surface area contributed by atoms with Crippen LogP contribution in [0.25, 0.3) is 10.2 Å². The number of thioether (sulfide) groups is 1. The Bertz CT molecular complexity index is 481. The lowest BCUT2D eigenvalue weighted by molar-refractivity contribution is 1.11. The highest BCUT2D eigenvalue weighted by Crippen LogP contribution is 2.32. The van der Waals surface area contributed by atoms with Crippen molar-refractivity contribution in [2.45, 2.75) is 25.3 Å². The summed E-state index contributed by atoms with van der Waals surface area (Å²) in [5, 5.41) is 2.50. The Kier molecular flexibility index (Phi) is 3.49. The van der Waals surface area contributed by atoms with Gasteiger partial charge in [0.15, 0.2) is 0 Å². The number of nitrogens with zero attached hydrogens (tertiary/aromatic N) is 2. The third-order valence-corrected chi connectivity index (χ3v) is 4.23. The molecule has 5 heteroatoms. The van der Waals surface area contributed by atoms with Crippen molar-refractivity contribution in [2.75, 3.05) is 5.75 Å². The maximum atomic E-state index is 5.88. The molecule has 0 spiro atoms. The van der Waals surface area contributed by atoms with Crippen LogP contribution < -0.4 is 0 Å². The predicted octanol–water partition coefficient (Wildman–Crippen LogP) is 4.02. The Morgan fingerprint density at radius 1 is 1.40 bits per heavy atom. The second-order valence-electron chi connectivity index (χ2n) is 3.02. The van der Waals surface area contributed by atoms with Crippen LogP contribution in [0.15, 0.2) is 11.1 Å². The summed E-state index contributed by atoms with van der Waals surface area (Å²) in [7, 11) is 0. The van der Waals surface area contributed by atoms with Gasteiger partial charge in [0, 0.05) is 10.3 Å². The highest BCUT2D eigenvalue weighted by molar-refractivity contribution is 7.99. The van der Waals surface area contributed by atoms with E-state index in [1.807, 2.05) is 0 Å². The highest BCUT2D eigenvalue weighted by atomic mass is 35.5. The molecule has 0 atom stereocenters. The van der Waals surface area contributed by atoms with Crippen molar-refractivity contribution in [3.8, 4) is 0 Å². The van der Waals surface area contributed by atoms with E-state index in [4.69, 9.17) is 11.6 Å². The molecule has 0 aliphatic heterocycles. The number of thiophene rings is 1. The zero-order valence-corrected chi connectivity index (χ0v) is 11.0. The molecule has 0 aromatic carbocycles. The fourth-order valence-corrected chi connectivity index (χ4v) is 3.38. The summed E-state index contributed by atoms with van der Waals surface area (Å²) in [6.45, 7) is 4.26. The molecule has 0 aliphatic carbocycles. The molecule has 0 saturated heterocycles. The minimum atomic E-state index is 0.350. The Morgan fingerprint density at radius 3 is 2.87 bits per heavy atom. The van der Waals surface area contributed by atoms with Crippen LogP contribution in [-0.4, -0.2) is 15.7 Å². The van der Waals surface area contributed by atoms with Gasteiger partial charge >= 0.3 is 0 Å². The van der Waals surface area contributed by atoms with Crippen molar-refractivity contribution >= 4 is 44.9 Å². The van der Waals surface area contributed by atoms with E-state index in [1.165, 1.54) is 4.88 Å². The van der Waals surface area contributed by atoms with Gasteiger partial charge in [-0.05, 0) is 29.8 Å². The van der Waals surface area contributed by atoms with E-state index in [-0.39, 0.29) is 0 Å². The number of hydrogen-bond acceptors (Lipinski definition) is 4. The van der Waals surface area contributed by atoms with E-state index in [0.29, 0.717) is 5.28 Å². The van der Waals surface area contributed by atoms with Crippen molar-refractivity contribution in [3.05, 3.63) is 16.2 Å².